The van der Waals surface area contributed by atoms with Crippen LogP contribution in [0.4, 0.5) is 5.82 Å². The Morgan fingerprint density at radius 1 is 1.14 bits per heavy atom. The molecule has 0 saturated carbocycles. The average Bonchev–Trinajstić information content (AvgIpc) is 3.50. The van der Waals surface area contributed by atoms with Crippen LogP contribution in [0.15, 0.2) is 41.8 Å². The third-order valence-electron chi connectivity index (χ3n) is 6.54. The van der Waals surface area contributed by atoms with Crippen molar-refractivity contribution in [2.24, 2.45) is 0 Å². The molecule has 0 bridgehead atoms. The third-order valence-corrected chi connectivity index (χ3v) is 8.86. The van der Waals surface area contributed by atoms with Crippen LogP contribution in [0.25, 0.3) is 5.69 Å². The van der Waals surface area contributed by atoms with Gasteiger partial charge in [-0.15, -0.1) is 23.1 Å². The minimum Gasteiger partial charge on any atom is -0.378 e. The van der Waals surface area contributed by atoms with Crippen molar-refractivity contribution in [2.75, 3.05) is 43.5 Å². The fraction of sp³-hybridized carbons (Fsp3) is 0.444. The molecule has 7 nitrogen and oxygen atoms in total. The maximum atomic E-state index is 13.7. The van der Waals surface area contributed by atoms with Crippen LogP contribution in [0.3, 0.4) is 0 Å². The highest BCUT2D eigenvalue weighted by Gasteiger charge is 2.40. The Balaban J connectivity index is 1.70. The number of morpholine rings is 1. The second-order valence-electron chi connectivity index (χ2n) is 10.3. The van der Waals surface area contributed by atoms with Crippen LogP contribution in [0, 0.1) is 6.92 Å². The van der Waals surface area contributed by atoms with E-state index in [1.165, 1.54) is 4.88 Å². The van der Waals surface area contributed by atoms with Gasteiger partial charge in [0, 0.05) is 28.9 Å². The minimum absolute atomic E-state index is 0.00923. The lowest BCUT2D eigenvalue weighted by Gasteiger charge is -2.30. The summed E-state index contributed by atoms with van der Waals surface area (Å²) in [4.78, 5) is 31.7. The zero-order chi connectivity index (χ0) is 25.4. The van der Waals surface area contributed by atoms with Crippen LogP contribution in [0.5, 0.6) is 0 Å². The first-order valence-electron chi connectivity index (χ1n) is 12.3. The molecule has 2 amide bonds. The second kappa shape index (κ2) is 10.0. The van der Waals surface area contributed by atoms with Gasteiger partial charge in [-0.3, -0.25) is 14.5 Å². The molecule has 0 spiro atoms. The number of thioether (sulfide) groups is 1. The van der Waals surface area contributed by atoms with E-state index in [1.54, 1.807) is 32.9 Å². The van der Waals surface area contributed by atoms with E-state index >= 15 is 0 Å². The lowest BCUT2D eigenvalue weighted by molar-refractivity contribution is -0.134. The van der Waals surface area contributed by atoms with E-state index in [-0.39, 0.29) is 29.0 Å². The molecule has 4 heterocycles. The maximum absolute atomic E-state index is 13.7. The Morgan fingerprint density at radius 3 is 2.50 bits per heavy atom. The molecule has 2 aliphatic heterocycles. The fourth-order valence-corrected chi connectivity index (χ4v) is 6.83. The van der Waals surface area contributed by atoms with Crippen molar-refractivity contribution in [3.05, 3.63) is 63.5 Å². The number of aromatic nitrogens is 2. The summed E-state index contributed by atoms with van der Waals surface area (Å²) in [6.07, 6.45) is 0. The molecule has 1 atom stereocenters. The lowest BCUT2D eigenvalue weighted by atomic mass is 9.88. The molecule has 1 fully saturated rings. The number of amides is 2. The molecule has 2 aromatic heterocycles. The number of nitrogens with zero attached hydrogens (tertiary/aromatic N) is 4. The number of benzene rings is 1. The van der Waals surface area contributed by atoms with E-state index in [2.05, 4.69) is 32.2 Å². The maximum Gasteiger partial charge on any atom is 0.242 e. The Hall–Kier alpha value is -2.62. The predicted molar refractivity (Wildman–Crippen MR) is 145 cm³/mol. The van der Waals surface area contributed by atoms with Crippen molar-refractivity contribution in [2.45, 2.75) is 38.4 Å². The molecule has 0 unspecified atom stereocenters. The summed E-state index contributed by atoms with van der Waals surface area (Å²) in [5.41, 5.74) is 3.73. The van der Waals surface area contributed by atoms with E-state index < -0.39 is 0 Å². The van der Waals surface area contributed by atoms with Gasteiger partial charge in [0.1, 0.15) is 12.4 Å². The molecule has 0 radical (unpaired) electrons. The van der Waals surface area contributed by atoms with Gasteiger partial charge < -0.3 is 9.64 Å². The normalized spacial score (nSPS) is 18.8. The van der Waals surface area contributed by atoms with Gasteiger partial charge in [0.15, 0.2) is 0 Å². The van der Waals surface area contributed by atoms with Gasteiger partial charge in [0.05, 0.1) is 35.6 Å². The van der Waals surface area contributed by atoms with E-state index in [0.29, 0.717) is 37.9 Å². The molecule has 0 N–H and O–H groups in total. The number of carbonyl (C=O) groups is 2. The smallest absolute Gasteiger partial charge is 0.242 e. The molecule has 1 aromatic carbocycles. The van der Waals surface area contributed by atoms with E-state index in [1.807, 2.05) is 41.9 Å². The number of fused-ring (bicyclic) bond motifs is 1. The van der Waals surface area contributed by atoms with Crippen molar-refractivity contribution >= 4 is 40.7 Å². The van der Waals surface area contributed by atoms with E-state index in [9.17, 15) is 9.59 Å². The number of rotatable bonds is 4. The third kappa shape index (κ3) is 4.84. The molecular weight excluding hydrogens is 492 g/mol. The molecule has 3 aromatic rings. The standard InChI is InChI=1S/C27H32N4O3S2/c1-18-7-9-19(10-8-18)31-26-23(25(28-31)27(2,3)4)24(20-6-5-15-35-20)36-17-22(33)30(26)16-21(32)29-11-13-34-14-12-29/h5-10,15,24H,11-14,16-17H2,1-4H3/t24-/m1/s1. The van der Waals surface area contributed by atoms with Gasteiger partial charge in [-0.05, 0) is 30.5 Å². The molecule has 2 aliphatic rings. The van der Waals surface area contributed by atoms with Gasteiger partial charge in [-0.1, -0.05) is 44.5 Å². The van der Waals surface area contributed by atoms with Gasteiger partial charge in [-0.25, -0.2) is 4.68 Å². The summed E-state index contributed by atoms with van der Waals surface area (Å²) in [6, 6.07) is 12.3. The first-order valence-corrected chi connectivity index (χ1v) is 14.2. The zero-order valence-electron chi connectivity index (χ0n) is 21.2. The number of ether oxygens (including phenoxy) is 1. The van der Waals surface area contributed by atoms with Crippen LogP contribution in [-0.2, 0) is 19.7 Å². The van der Waals surface area contributed by atoms with Crippen LogP contribution >= 0.6 is 23.1 Å². The highest BCUT2D eigenvalue weighted by atomic mass is 32.2. The van der Waals surface area contributed by atoms with Gasteiger partial charge in [0.25, 0.3) is 0 Å². The fourth-order valence-electron chi connectivity index (χ4n) is 4.65. The molecule has 5 rings (SSSR count). The summed E-state index contributed by atoms with van der Waals surface area (Å²) in [6.45, 7) is 10.6. The van der Waals surface area contributed by atoms with Crippen LogP contribution < -0.4 is 4.90 Å². The van der Waals surface area contributed by atoms with Gasteiger partial charge in [-0.2, -0.15) is 5.10 Å². The number of aryl methyl sites for hydroxylation is 1. The van der Waals surface area contributed by atoms with Crippen molar-refractivity contribution in [1.29, 1.82) is 0 Å². The SMILES string of the molecule is Cc1ccc(-n2nc(C(C)(C)C)c3c2N(CC(=O)N2CCOCC2)C(=O)CS[C@@H]3c2cccs2)cc1. The van der Waals surface area contributed by atoms with E-state index in [0.717, 1.165) is 22.5 Å². The number of hydrogen-bond acceptors (Lipinski definition) is 6. The Bertz CT molecular complexity index is 1240. The average molecular weight is 525 g/mol. The molecule has 36 heavy (non-hydrogen) atoms. The topological polar surface area (TPSA) is 67.7 Å². The van der Waals surface area contributed by atoms with Gasteiger partial charge >= 0.3 is 0 Å². The summed E-state index contributed by atoms with van der Waals surface area (Å²) >= 11 is 3.31. The first kappa shape index (κ1) is 25.0. The Kier molecular flexibility index (Phi) is 6.98. The number of hydrogen-bond donors (Lipinski definition) is 0. The highest BCUT2D eigenvalue weighted by Crippen LogP contribution is 2.49. The van der Waals surface area contributed by atoms with Crippen molar-refractivity contribution in [1.82, 2.24) is 14.7 Å². The molecule has 0 aliphatic carbocycles. The second-order valence-corrected chi connectivity index (χ2v) is 12.3. The summed E-state index contributed by atoms with van der Waals surface area (Å²) < 4.78 is 7.31. The Labute approximate surface area is 220 Å². The van der Waals surface area contributed by atoms with Gasteiger partial charge in [0.2, 0.25) is 11.8 Å². The van der Waals surface area contributed by atoms with Crippen LogP contribution in [0.2, 0.25) is 0 Å². The quantitative estimate of drug-likeness (QED) is 0.500. The molecule has 190 valence electrons. The zero-order valence-corrected chi connectivity index (χ0v) is 22.8. The monoisotopic (exact) mass is 524 g/mol. The molecule has 1 saturated heterocycles. The first-order chi connectivity index (χ1) is 17.2. The summed E-state index contributed by atoms with van der Waals surface area (Å²) in [5.74, 6) is 0.867. The lowest BCUT2D eigenvalue weighted by Crippen LogP contribution is -2.48. The minimum atomic E-state index is -0.261. The number of anilines is 1. The van der Waals surface area contributed by atoms with E-state index in [4.69, 9.17) is 9.84 Å². The molecule has 9 heteroatoms. The largest absolute Gasteiger partial charge is 0.378 e. The number of thiophene rings is 1. The van der Waals surface area contributed by atoms with Crippen molar-refractivity contribution in [3.8, 4) is 5.69 Å². The summed E-state index contributed by atoms with van der Waals surface area (Å²) in [5, 5.41) is 7.17. The number of carbonyl (C=O) groups excluding carboxylic acids is 2. The van der Waals surface area contributed by atoms with Crippen LogP contribution in [0.1, 0.15) is 47.7 Å². The van der Waals surface area contributed by atoms with Crippen LogP contribution in [-0.4, -0.2) is 65.1 Å². The molecular formula is C27H32N4O3S2. The van der Waals surface area contributed by atoms with Crippen molar-refractivity contribution in [3.63, 3.8) is 0 Å². The van der Waals surface area contributed by atoms with Crippen molar-refractivity contribution < 1.29 is 14.3 Å². The predicted octanol–water partition coefficient (Wildman–Crippen LogP) is 4.57. The summed E-state index contributed by atoms with van der Waals surface area (Å²) in [7, 11) is 0. The Morgan fingerprint density at radius 2 is 1.86 bits per heavy atom. The highest BCUT2D eigenvalue weighted by molar-refractivity contribution is 8.00.